The fourth-order valence-corrected chi connectivity index (χ4v) is 4.23. The van der Waals surface area contributed by atoms with Gasteiger partial charge in [0.05, 0.1) is 35.6 Å². The molecule has 4 aromatic heterocycles. The van der Waals surface area contributed by atoms with Gasteiger partial charge in [-0.05, 0) is 56.9 Å². The van der Waals surface area contributed by atoms with Gasteiger partial charge in [-0.3, -0.25) is 14.1 Å². The van der Waals surface area contributed by atoms with Crippen LogP contribution >= 0.6 is 0 Å². The lowest BCUT2D eigenvalue weighted by molar-refractivity contribution is 0.124. The van der Waals surface area contributed by atoms with E-state index < -0.39 is 0 Å². The van der Waals surface area contributed by atoms with E-state index in [9.17, 15) is 5.11 Å². The molecule has 0 aliphatic heterocycles. The summed E-state index contributed by atoms with van der Waals surface area (Å²) in [5, 5.41) is 17.9. The number of anilines is 1. The molecule has 0 amide bonds. The zero-order chi connectivity index (χ0) is 20.5. The minimum absolute atomic E-state index is 0.198. The number of aromatic nitrogens is 5. The topological polar surface area (TPSA) is 80.3 Å². The summed E-state index contributed by atoms with van der Waals surface area (Å²) in [6.45, 7) is 2.90. The number of nitrogens with zero attached hydrogens (tertiary/aromatic N) is 5. The van der Waals surface area contributed by atoms with Crippen LogP contribution in [0.3, 0.4) is 0 Å². The van der Waals surface area contributed by atoms with E-state index in [2.05, 4.69) is 50.0 Å². The van der Waals surface area contributed by atoms with Crippen LogP contribution in [-0.4, -0.2) is 41.4 Å². The third kappa shape index (κ3) is 3.68. The molecule has 4 aromatic rings. The molecule has 5 rings (SSSR count). The van der Waals surface area contributed by atoms with Crippen molar-refractivity contribution in [3.8, 4) is 22.5 Å². The first-order valence-corrected chi connectivity index (χ1v) is 10.6. The fraction of sp³-hybridized carbons (Fsp3) is 0.348. The highest BCUT2D eigenvalue weighted by molar-refractivity contribution is 5.70. The molecular formula is C23H26N6O. The highest BCUT2D eigenvalue weighted by atomic mass is 16.3. The van der Waals surface area contributed by atoms with Gasteiger partial charge in [0.2, 0.25) is 0 Å². The van der Waals surface area contributed by atoms with Crippen molar-refractivity contribution in [2.45, 2.75) is 51.3 Å². The average Bonchev–Trinajstić information content (AvgIpc) is 3.41. The Hall–Kier alpha value is -3.19. The number of imidazole rings is 1. The number of hydrogen-bond donors (Lipinski definition) is 2. The Bertz CT molecular complexity index is 1160. The molecule has 1 fully saturated rings. The van der Waals surface area contributed by atoms with Crippen LogP contribution in [0.2, 0.25) is 0 Å². The maximum absolute atomic E-state index is 9.96. The largest absolute Gasteiger partial charge is 0.393 e. The second-order valence-corrected chi connectivity index (χ2v) is 7.97. The maximum atomic E-state index is 9.96. The molecule has 4 heterocycles. The molecule has 30 heavy (non-hydrogen) atoms. The van der Waals surface area contributed by atoms with Crippen molar-refractivity contribution in [3.63, 3.8) is 0 Å². The first-order chi connectivity index (χ1) is 14.7. The van der Waals surface area contributed by atoms with Crippen molar-refractivity contribution < 1.29 is 5.11 Å². The third-order valence-electron chi connectivity index (χ3n) is 5.83. The highest BCUT2D eigenvalue weighted by Gasteiger charge is 2.20. The number of nitrogens with one attached hydrogen (secondary N) is 1. The summed E-state index contributed by atoms with van der Waals surface area (Å²) in [6, 6.07) is 8.48. The molecule has 1 aliphatic rings. The van der Waals surface area contributed by atoms with Crippen molar-refractivity contribution in [1.82, 2.24) is 24.1 Å². The van der Waals surface area contributed by atoms with Gasteiger partial charge in [-0.25, -0.2) is 4.98 Å². The predicted molar refractivity (Wildman–Crippen MR) is 117 cm³/mol. The van der Waals surface area contributed by atoms with Crippen molar-refractivity contribution in [3.05, 3.63) is 55.2 Å². The molecule has 2 unspecified atom stereocenters. The van der Waals surface area contributed by atoms with Gasteiger partial charge in [0.25, 0.3) is 0 Å². The van der Waals surface area contributed by atoms with Crippen LogP contribution in [0.25, 0.3) is 28.2 Å². The third-order valence-corrected chi connectivity index (χ3v) is 5.83. The number of pyridine rings is 2. The van der Waals surface area contributed by atoms with Gasteiger partial charge in [0, 0.05) is 42.3 Å². The lowest BCUT2D eigenvalue weighted by Crippen LogP contribution is -2.29. The number of aliphatic hydroxyl groups is 1. The minimum atomic E-state index is -0.198. The zero-order valence-electron chi connectivity index (χ0n) is 17.1. The summed E-state index contributed by atoms with van der Waals surface area (Å²) in [5.74, 6) is 0. The van der Waals surface area contributed by atoms with E-state index in [0.29, 0.717) is 6.04 Å². The second kappa shape index (κ2) is 7.91. The molecule has 2 atom stereocenters. The van der Waals surface area contributed by atoms with Gasteiger partial charge < -0.3 is 10.4 Å². The lowest BCUT2D eigenvalue weighted by Gasteiger charge is -2.27. The van der Waals surface area contributed by atoms with E-state index in [1.165, 1.54) is 0 Å². The summed E-state index contributed by atoms with van der Waals surface area (Å²) in [7, 11) is 0. The van der Waals surface area contributed by atoms with E-state index in [4.69, 9.17) is 0 Å². The Labute approximate surface area is 175 Å². The van der Waals surface area contributed by atoms with E-state index in [-0.39, 0.29) is 6.10 Å². The molecule has 0 aromatic carbocycles. The smallest absolute Gasteiger partial charge is 0.137 e. The zero-order valence-corrected chi connectivity index (χ0v) is 17.1. The van der Waals surface area contributed by atoms with Gasteiger partial charge in [-0.1, -0.05) is 0 Å². The quantitative estimate of drug-likeness (QED) is 0.527. The van der Waals surface area contributed by atoms with Crippen LogP contribution in [0.5, 0.6) is 0 Å². The fourth-order valence-electron chi connectivity index (χ4n) is 4.23. The molecule has 1 saturated carbocycles. The number of fused-ring (bicyclic) bond motifs is 1. The molecule has 0 spiro atoms. The van der Waals surface area contributed by atoms with Crippen LogP contribution in [0.4, 0.5) is 5.69 Å². The summed E-state index contributed by atoms with van der Waals surface area (Å²) in [5.41, 5.74) is 5.92. The number of aryl methyl sites for hydroxylation is 1. The molecule has 154 valence electrons. The SMILES string of the molecule is CCn1cc(-c2cc(-c3cnc4ccc(NC5CCCC(O)C5)cn34)ccn2)cn1. The maximum Gasteiger partial charge on any atom is 0.137 e. The monoisotopic (exact) mass is 402 g/mol. The Morgan fingerprint density at radius 2 is 2.03 bits per heavy atom. The highest BCUT2D eigenvalue weighted by Crippen LogP contribution is 2.27. The van der Waals surface area contributed by atoms with E-state index >= 15 is 0 Å². The Morgan fingerprint density at radius 3 is 2.87 bits per heavy atom. The van der Waals surface area contributed by atoms with Gasteiger partial charge in [-0.2, -0.15) is 5.10 Å². The second-order valence-electron chi connectivity index (χ2n) is 7.97. The summed E-state index contributed by atoms with van der Waals surface area (Å²) in [4.78, 5) is 9.10. The number of rotatable bonds is 5. The molecule has 1 aliphatic carbocycles. The number of aliphatic hydroxyl groups excluding tert-OH is 1. The molecular weight excluding hydrogens is 376 g/mol. The van der Waals surface area contributed by atoms with E-state index in [1.54, 1.807) is 0 Å². The van der Waals surface area contributed by atoms with Crippen LogP contribution in [0, 0.1) is 0 Å². The molecule has 0 radical (unpaired) electrons. The summed E-state index contributed by atoms with van der Waals surface area (Å²) >= 11 is 0. The lowest BCUT2D eigenvalue weighted by atomic mass is 9.93. The van der Waals surface area contributed by atoms with Gasteiger partial charge in [0.15, 0.2) is 0 Å². The molecule has 0 bridgehead atoms. The van der Waals surface area contributed by atoms with E-state index in [0.717, 1.165) is 66.1 Å². The average molecular weight is 403 g/mol. The normalized spacial score (nSPS) is 19.3. The molecule has 7 heteroatoms. The first-order valence-electron chi connectivity index (χ1n) is 10.6. The van der Waals surface area contributed by atoms with Crippen molar-refractivity contribution >= 4 is 11.3 Å². The summed E-state index contributed by atoms with van der Waals surface area (Å²) < 4.78 is 4.01. The van der Waals surface area contributed by atoms with Crippen molar-refractivity contribution in [1.29, 1.82) is 0 Å². The molecule has 7 nitrogen and oxygen atoms in total. The minimum Gasteiger partial charge on any atom is -0.393 e. The van der Waals surface area contributed by atoms with Gasteiger partial charge in [0.1, 0.15) is 5.65 Å². The van der Waals surface area contributed by atoms with Crippen LogP contribution in [-0.2, 0) is 6.54 Å². The Morgan fingerprint density at radius 1 is 1.10 bits per heavy atom. The standard InChI is InChI=1S/C23H26N6O/c1-2-28-14-17(12-26-28)21-10-16(8-9-24-21)22-13-25-23-7-6-19(15-29(22)23)27-18-4-3-5-20(30)11-18/h6-10,12-15,18,20,27,30H,2-5,11H2,1H3. The number of hydrogen-bond acceptors (Lipinski definition) is 5. The molecule has 0 saturated heterocycles. The van der Waals surface area contributed by atoms with Crippen LogP contribution < -0.4 is 5.32 Å². The predicted octanol–water partition coefficient (Wildman–Crippen LogP) is 4.00. The van der Waals surface area contributed by atoms with Crippen molar-refractivity contribution in [2.24, 2.45) is 0 Å². The Balaban J connectivity index is 1.46. The van der Waals surface area contributed by atoms with E-state index in [1.807, 2.05) is 41.6 Å². The van der Waals surface area contributed by atoms with Gasteiger partial charge >= 0.3 is 0 Å². The Kier molecular flexibility index (Phi) is 4.96. The van der Waals surface area contributed by atoms with Crippen molar-refractivity contribution in [2.75, 3.05) is 5.32 Å². The summed E-state index contributed by atoms with van der Waals surface area (Å²) in [6.07, 6.45) is 13.3. The first kappa shape index (κ1) is 18.8. The van der Waals surface area contributed by atoms with Crippen LogP contribution in [0.15, 0.2) is 55.2 Å². The van der Waals surface area contributed by atoms with Gasteiger partial charge in [-0.15, -0.1) is 0 Å². The molecule has 2 N–H and O–H groups in total. The van der Waals surface area contributed by atoms with Crippen LogP contribution in [0.1, 0.15) is 32.6 Å².